The van der Waals surface area contributed by atoms with Gasteiger partial charge in [-0.1, -0.05) is 32.0 Å². The van der Waals surface area contributed by atoms with Crippen molar-refractivity contribution in [1.82, 2.24) is 15.1 Å². The Kier molecular flexibility index (Phi) is 7.26. The number of benzene rings is 1. The molecule has 0 aliphatic heterocycles. The van der Waals surface area contributed by atoms with E-state index in [-0.39, 0.29) is 11.4 Å². The summed E-state index contributed by atoms with van der Waals surface area (Å²) in [6, 6.07) is 11.7. The lowest BCUT2D eigenvalue weighted by molar-refractivity contribution is -0.120. The van der Waals surface area contributed by atoms with Gasteiger partial charge < -0.3 is 22.1 Å². The Hall–Kier alpha value is -3.66. The van der Waals surface area contributed by atoms with Gasteiger partial charge in [0.2, 0.25) is 5.91 Å². The molecular formula is C22H26N6O3S. The maximum Gasteiger partial charge on any atom is 0.262 e. The highest BCUT2D eigenvalue weighted by molar-refractivity contribution is 7.18. The number of nitrogen functional groups attached to an aromatic ring is 1. The van der Waals surface area contributed by atoms with Crippen LogP contribution >= 0.6 is 11.3 Å². The minimum atomic E-state index is -0.742. The number of anilines is 2. The summed E-state index contributed by atoms with van der Waals surface area (Å²) in [5.41, 5.74) is 12.5. The number of nitrogens with two attached hydrogens (primary N) is 2. The number of carbonyl (C=O) groups excluding carboxylic acids is 3. The van der Waals surface area contributed by atoms with Gasteiger partial charge in [0.1, 0.15) is 17.4 Å². The quantitative estimate of drug-likeness (QED) is 0.393. The number of aromatic nitrogens is 2. The lowest BCUT2D eigenvalue weighted by Crippen LogP contribution is -2.44. The summed E-state index contributed by atoms with van der Waals surface area (Å²) in [6.07, 6.45) is 2.63. The van der Waals surface area contributed by atoms with Gasteiger partial charge in [0.15, 0.2) is 0 Å². The van der Waals surface area contributed by atoms with E-state index in [1.54, 1.807) is 12.1 Å². The third-order valence-corrected chi connectivity index (χ3v) is 5.80. The molecule has 0 aliphatic rings. The summed E-state index contributed by atoms with van der Waals surface area (Å²) in [4.78, 5) is 37.2. The van der Waals surface area contributed by atoms with E-state index in [0.29, 0.717) is 22.2 Å². The standard InChI is InChI=1S/C22H26N6O3S/c1-13(2)8-9-16(20(24)29)26-22(31)17-10-11-18(32-17)27-21(30)15-12-25-28(19(15)23)14-6-4-3-5-7-14/h3-7,10-13,16H,8-9,23H2,1-2H3,(H2,24,29)(H,26,31)(H,27,30)/t16-/m0/s1. The molecule has 2 heterocycles. The number of rotatable bonds is 9. The number of amides is 3. The van der Waals surface area contributed by atoms with Gasteiger partial charge in [-0.05, 0) is 43.0 Å². The molecule has 0 spiro atoms. The van der Waals surface area contributed by atoms with Crippen LogP contribution in [0.2, 0.25) is 0 Å². The van der Waals surface area contributed by atoms with E-state index < -0.39 is 23.8 Å². The van der Waals surface area contributed by atoms with Crippen molar-refractivity contribution in [2.75, 3.05) is 11.1 Å². The first-order valence-corrected chi connectivity index (χ1v) is 11.0. The Bertz CT molecular complexity index is 1110. The maximum absolute atomic E-state index is 12.7. The summed E-state index contributed by atoms with van der Waals surface area (Å²) >= 11 is 1.09. The van der Waals surface area contributed by atoms with Gasteiger partial charge >= 0.3 is 0 Å². The molecule has 168 valence electrons. The number of para-hydroxylation sites is 1. The molecule has 0 aliphatic carbocycles. The van der Waals surface area contributed by atoms with Crippen LogP contribution < -0.4 is 22.1 Å². The lowest BCUT2D eigenvalue weighted by atomic mass is 10.0. The van der Waals surface area contributed by atoms with Crippen LogP contribution in [0.1, 0.15) is 46.7 Å². The van der Waals surface area contributed by atoms with E-state index in [2.05, 4.69) is 15.7 Å². The second kappa shape index (κ2) is 10.1. The zero-order chi connectivity index (χ0) is 23.3. The van der Waals surface area contributed by atoms with Crippen LogP contribution in [0.25, 0.3) is 5.69 Å². The SMILES string of the molecule is CC(C)CC[C@H](NC(=O)c1ccc(NC(=O)c2cnn(-c3ccccc3)c2N)s1)C(N)=O. The van der Waals surface area contributed by atoms with Crippen molar-refractivity contribution in [3.63, 3.8) is 0 Å². The fourth-order valence-corrected chi connectivity index (χ4v) is 3.83. The third-order valence-electron chi connectivity index (χ3n) is 4.80. The van der Waals surface area contributed by atoms with Crippen molar-refractivity contribution in [3.8, 4) is 5.69 Å². The Morgan fingerprint density at radius 2 is 1.78 bits per heavy atom. The minimum Gasteiger partial charge on any atom is -0.383 e. The van der Waals surface area contributed by atoms with Crippen LogP contribution in [0.3, 0.4) is 0 Å². The largest absolute Gasteiger partial charge is 0.383 e. The maximum atomic E-state index is 12.7. The number of primary amides is 1. The van der Waals surface area contributed by atoms with Gasteiger partial charge in [-0.25, -0.2) is 4.68 Å². The normalized spacial score (nSPS) is 11.8. The van der Waals surface area contributed by atoms with E-state index in [9.17, 15) is 14.4 Å². The molecule has 0 radical (unpaired) electrons. The number of thiophene rings is 1. The van der Waals surface area contributed by atoms with Crippen LogP contribution in [0.15, 0.2) is 48.7 Å². The highest BCUT2D eigenvalue weighted by Gasteiger charge is 2.21. The van der Waals surface area contributed by atoms with Gasteiger partial charge in [-0.15, -0.1) is 11.3 Å². The average Bonchev–Trinajstić information content (AvgIpc) is 3.38. The number of hydrogen-bond acceptors (Lipinski definition) is 6. The average molecular weight is 455 g/mol. The van der Waals surface area contributed by atoms with E-state index in [4.69, 9.17) is 11.5 Å². The van der Waals surface area contributed by atoms with Gasteiger partial charge in [-0.3, -0.25) is 14.4 Å². The minimum absolute atomic E-state index is 0.206. The van der Waals surface area contributed by atoms with Crippen molar-refractivity contribution >= 4 is 39.9 Å². The molecule has 32 heavy (non-hydrogen) atoms. The zero-order valence-corrected chi connectivity index (χ0v) is 18.7. The number of hydrogen-bond donors (Lipinski definition) is 4. The summed E-state index contributed by atoms with van der Waals surface area (Å²) in [7, 11) is 0. The van der Waals surface area contributed by atoms with E-state index >= 15 is 0 Å². The van der Waals surface area contributed by atoms with E-state index in [1.807, 2.05) is 44.2 Å². The zero-order valence-electron chi connectivity index (χ0n) is 17.9. The second-order valence-corrected chi connectivity index (χ2v) is 8.79. The van der Waals surface area contributed by atoms with E-state index in [1.165, 1.54) is 10.9 Å². The Morgan fingerprint density at radius 3 is 2.44 bits per heavy atom. The van der Waals surface area contributed by atoms with Crippen LogP contribution in [0, 0.1) is 5.92 Å². The highest BCUT2D eigenvalue weighted by atomic mass is 32.1. The van der Waals surface area contributed by atoms with Gasteiger partial charge in [0.05, 0.1) is 21.8 Å². The Labute approximate surface area is 189 Å². The number of nitrogens with one attached hydrogen (secondary N) is 2. The first-order valence-electron chi connectivity index (χ1n) is 10.2. The van der Waals surface area contributed by atoms with Crippen molar-refractivity contribution in [1.29, 1.82) is 0 Å². The fourth-order valence-electron chi connectivity index (χ4n) is 3.03. The predicted octanol–water partition coefficient (Wildman–Crippen LogP) is 2.79. The summed E-state index contributed by atoms with van der Waals surface area (Å²) in [5, 5.41) is 10.0. The molecule has 3 amide bonds. The molecule has 1 aromatic carbocycles. The molecule has 0 bridgehead atoms. The Balaban J connectivity index is 1.66. The van der Waals surface area contributed by atoms with E-state index in [0.717, 1.165) is 23.4 Å². The Morgan fingerprint density at radius 1 is 1.06 bits per heavy atom. The van der Waals surface area contributed by atoms with Crippen LogP contribution in [0.5, 0.6) is 0 Å². The molecular weight excluding hydrogens is 428 g/mol. The number of nitrogens with zero attached hydrogens (tertiary/aromatic N) is 2. The van der Waals surface area contributed by atoms with Crippen molar-refractivity contribution in [2.24, 2.45) is 11.7 Å². The van der Waals surface area contributed by atoms with Crippen molar-refractivity contribution in [3.05, 3.63) is 59.1 Å². The molecule has 0 saturated carbocycles. The monoisotopic (exact) mass is 454 g/mol. The highest BCUT2D eigenvalue weighted by Crippen LogP contribution is 2.24. The molecule has 9 nitrogen and oxygen atoms in total. The van der Waals surface area contributed by atoms with Gasteiger partial charge in [0.25, 0.3) is 11.8 Å². The third kappa shape index (κ3) is 5.52. The molecule has 1 atom stereocenters. The van der Waals surface area contributed by atoms with Gasteiger partial charge in [-0.2, -0.15) is 5.10 Å². The second-order valence-electron chi connectivity index (χ2n) is 7.71. The lowest BCUT2D eigenvalue weighted by Gasteiger charge is -2.15. The molecule has 10 heteroatoms. The first kappa shape index (κ1) is 23.0. The molecule has 0 unspecified atom stereocenters. The summed E-state index contributed by atoms with van der Waals surface area (Å²) in [6.45, 7) is 4.06. The van der Waals surface area contributed by atoms with Crippen molar-refractivity contribution in [2.45, 2.75) is 32.7 Å². The summed E-state index contributed by atoms with van der Waals surface area (Å²) in [5.74, 6) is -0.839. The van der Waals surface area contributed by atoms with Crippen LogP contribution in [-0.2, 0) is 4.79 Å². The van der Waals surface area contributed by atoms with Gasteiger partial charge in [0, 0.05) is 0 Å². The predicted molar refractivity (Wildman–Crippen MR) is 125 cm³/mol. The molecule has 2 aromatic heterocycles. The molecule has 3 rings (SSSR count). The topological polar surface area (TPSA) is 145 Å². The molecule has 0 fully saturated rings. The van der Waals surface area contributed by atoms with Crippen molar-refractivity contribution < 1.29 is 14.4 Å². The van der Waals surface area contributed by atoms with Crippen LogP contribution in [-0.4, -0.2) is 33.5 Å². The molecule has 3 aromatic rings. The number of carbonyl (C=O) groups is 3. The van der Waals surface area contributed by atoms with Crippen LogP contribution in [0.4, 0.5) is 10.8 Å². The molecule has 6 N–H and O–H groups in total. The fraction of sp³-hybridized carbons (Fsp3) is 0.273. The smallest absolute Gasteiger partial charge is 0.262 e. The molecule has 0 saturated heterocycles. The first-order chi connectivity index (χ1) is 15.3. The summed E-state index contributed by atoms with van der Waals surface area (Å²) < 4.78 is 1.48.